The van der Waals surface area contributed by atoms with Crippen molar-refractivity contribution in [2.75, 3.05) is 14.2 Å². The lowest BCUT2D eigenvalue weighted by Crippen LogP contribution is -2.29. The first-order valence-corrected chi connectivity index (χ1v) is 7.42. The number of benzene rings is 2. The first-order chi connectivity index (χ1) is 11.6. The molecule has 0 spiro atoms. The van der Waals surface area contributed by atoms with E-state index in [4.69, 9.17) is 14.2 Å². The van der Waals surface area contributed by atoms with Gasteiger partial charge in [0.05, 0.1) is 19.8 Å². The van der Waals surface area contributed by atoms with E-state index in [1.807, 2.05) is 0 Å². The number of hydrogen-bond acceptors (Lipinski definition) is 5. The number of ether oxygens (including phenoxy) is 3. The number of carbonyl (C=O) groups excluding carboxylic acids is 2. The van der Waals surface area contributed by atoms with Gasteiger partial charge in [-0.25, -0.2) is 4.79 Å². The Balaban J connectivity index is 1.92. The number of ketones is 1. The minimum Gasteiger partial charge on any atom is -0.497 e. The van der Waals surface area contributed by atoms with E-state index in [0.29, 0.717) is 17.1 Å². The van der Waals surface area contributed by atoms with Gasteiger partial charge in [0.25, 0.3) is 0 Å². The number of cyclic esters (lactones) is 1. The van der Waals surface area contributed by atoms with E-state index in [-0.39, 0.29) is 5.78 Å². The summed E-state index contributed by atoms with van der Waals surface area (Å²) < 4.78 is 15.6. The van der Waals surface area contributed by atoms with Crippen molar-refractivity contribution in [3.63, 3.8) is 0 Å². The standard InChI is InChI=1S/C18H17NO5/c1-22-12-9-7-11(8-10-12)15-17(24-18(21)19-15)16(20)13-5-3-4-6-14(13)23-2/h3-10,15,17H,1-2H3,(H,19,21)/t15-,17-/m1/s1. The van der Waals surface area contributed by atoms with Crippen LogP contribution in [0.25, 0.3) is 0 Å². The van der Waals surface area contributed by atoms with E-state index >= 15 is 0 Å². The summed E-state index contributed by atoms with van der Waals surface area (Å²) >= 11 is 0. The van der Waals surface area contributed by atoms with Gasteiger partial charge in [0.2, 0.25) is 5.78 Å². The van der Waals surface area contributed by atoms with Crippen molar-refractivity contribution in [3.8, 4) is 11.5 Å². The third kappa shape index (κ3) is 2.90. The van der Waals surface area contributed by atoms with Gasteiger partial charge in [-0.1, -0.05) is 24.3 Å². The molecule has 2 aromatic rings. The van der Waals surface area contributed by atoms with Gasteiger partial charge in [0.1, 0.15) is 17.5 Å². The molecule has 24 heavy (non-hydrogen) atoms. The number of para-hydroxylation sites is 1. The van der Waals surface area contributed by atoms with Crippen LogP contribution in [0.1, 0.15) is 22.0 Å². The fourth-order valence-electron chi connectivity index (χ4n) is 2.70. The van der Waals surface area contributed by atoms with E-state index in [2.05, 4.69) is 5.32 Å². The lowest BCUT2D eigenvalue weighted by Gasteiger charge is -2.17. The van der Waals surface area contributed by atoms with E-state index in [9.17, 15) is 9.59 Å². The number of Topliss-reactive ketones (excluding diaryl/α,β-unsaturated/α-hetero) is 1. The van der Waals surface area contributed by atoms with E-state index in [0.717, 1.165) is 5.56 Å². The summed E-state index contributed by atoms with van der Waals surface area (Å²) in [5.41, 5.74) is 1.13. The molecular weight excluding hydrogens is 310 g/mol. The molecule has 0 aromatic heterocycles. The average molecular weight is 327 g/mol. The Kier molecular flexibility index (Phi) is 4.37. The zero-order valence-electron chi connectivity index (χ0n) is 13.3. The third-order valence-corrected chi connectivity index (χ3v) is 3.92. The molecule has 0 bridgehead atoms. The van der Waals surface area contributed by atoms with Crippen LogP contribution in [-0.4, -0.2) is 32.2 Å². The summed E-state index contributed by atoms with van der Waals surface area (Å²) in [5.74, 6) is 0.821. The number of amides is 1. The van der Waals surface area contributed by atoms with Crippen LogP contribution in [0, 0.1) is 0 Å². The predicted molar refractivity (Wildman–Crippen MR) is 86.5 cm³/mol. The monoisotopic (exact) mass is 327 g/mol. The molecule has 0 radical (unpaired) electrons. The van der Waals surface area contributed by atoms with Crippen molar-refractivity contribution in [2.45, 2.75) is 12.1 Å². The number of carbonyl (C=O) groups is 2. The van der Waals surface area contributed by atoms with Gasteiger partial charge in [-0.3, -0.25) is 4.79 Å². The molecule has 0 unspecified atom stereocenters. The highest BCUT2D eigenvalue weighted by Crippen LogP contribution is 2.30. The summed E-state index contributed by atoms with van der Waals surface area (Å²) in [6.07, 6.45) is -1.58. The molecular formula is C18H17NO5. The van der Waals surface area contributed by atoms with Gasteiger partial charge < -0.3 is 19.5 Å². The summed E-state index contributed by atoms with van der Waals surface area (Å²) in [7, 11) is 3.06. The maximum atomic E-state index is 12.9. The van der Waals surface area contributed by atoms with E-state index in [1.165, 1.54) is 7.11 Å². The van der Waals surface area contributed by atoms with Crippen molar-refractivity contribution in [3.05, 3.63) is 59.7 Å². The maximum Gasteiger partial charge on any atom is 0.408 e. The van der Waals surface area contributed by atoms with Crippen molar-refractivity contribution >= 4 is 11.9 Å². The topological polar surface area (TPSA) is 73.9 Å². The first kappa shape index (κ1) is 15.9. The molecule has 1 heterocycles. The Hall–Kier alpha value is -3.02. The molecule has 0 aliphatic carbocycles. The van der Waals surface area contributed by atoms with Crippen LogP contribution in [0.4, 0.5) is 4.79 Å². The lowest BCUT2D eigenvalue weighted by molar-refractivity contribution is 0.0718. The maximum absolute atomic E-state index is 12.9. The predicted octanol–water partition coefficient (Wildman–Crippen LogP) is 2.74. The van der Waals surface area contributed by atoms with Gasteiger partial charge in [0.15, 0.2) is 6.10 Å². The molecule has 2 aromatic carbocycles. The quantitative estimate of drug-likeness (QED) is 0.855. The first-order valence-electron chi connectivity index (χ1n) is 7.42. The Morgan fingerprint density at radius 2 is 1.75 bits per heavy atom. The highest BCUT2D eigenvalue weighted by molar-refractivity contribution is 6.04. The normalized spacial score (nSPS) is 19.3. The van der Waals surface area contributed by atoms with Crippen LogP contribution in [0.5, 0.6) is 11.5 Å². The van der Waals surface area contributed by atoms with Crippen molar-refractivity contribution in [1.29, 1.82) is 0 Å². The molecule has 124 valence electrons. The Labute approximate surface area is 139 Å². The third-order valence-electron chi connectivity index (χ3n) is 3.92. The highest BCUT2D eigenvalue weighted by Gasteiger charge is 2.41. The van der Waals surface area contributed by atoms with Gasteiger partial charge >= 0.3 is 6.09 Å². The molecule has 1 N–H and O–H groups in total. The second kappa shape index (κ2) is 6.62. The molecule has 1 aliphatic rings. The minimum atomic E-state index is -0.956. The summed E-state index contributed by atoms with van der Waals surface area (Å²) in [4.78, 5) is 24.6. The van der Waals surface area contributed by atoms with Crippen LogP contribution >= 0.6 is 0 Å². The summed E-state index contributed by atoms with van der Waals surface area (Å²) in [6.45, 7) is 0. The number of alkyl carbamates (subject to hydrolysis) is 1. The van der Waals surface area contributed by atoms with Crippen molar-refractivity contribution < 1.29 is 23.8 Å². The SMILES string of the molecule is COc1ccc([C@H]2NC(=O)O[C@H]2C(=O)c2ccccc2OC)cc1. The van der Waals surface area contributed by atoms with Gasteiger partial charge in [-0.05, 0) is 29.8 Å². The van der Waals surface area contributed by atoms with E-state index in [1.54, 1.807) is 55.6 Å². The number of hydrogen-bond donors (Lipinski definition) is 1. The fourth-order valence-corrected chi connectivity index (χ4v) is 2.70. The molecule has 1 amide bonds. The second-order valence-corrected chi connectivity index (χ2v) is 5.29. The number of nitrogens with one attached hydrogen (secondary N) is 1. The molecule has 1 aliphatic heterocycles. The molecule has 3 rings (SSSR count). The molecule has 1 saturated heterocycles. The zero-order chi connectivity index (χ0) is 17.1. The smallest absolute Gasteiger partial charge is 0.408 e. The molecule has 0 saturated carbocycles. The van der Waals surface area contributed by atoms with Crippen LogP contribution < -0.4 is 14.8 Å². The zero-order valence-corrected chi connectivity index (χ0v) is 13.3. The largest absolute Gasteiger partial charge is 0.497 e. The summed E-state index contributed by atoms with van der Waals surface area (Å²) in [5, 5.41) is 2.68. The summed E-state index contributed by atoms with van der Waals surface area (Å²) in [6, 6.07) is 13.4. The van der Waals surface area contributed by atoms with Gasteiger partial charge in [-0.15, -0.1) is 0 Å². The van der Waals surface area contributed by atoms with Crippen molar-refractivity contribution in [2.24, 2.45) is 0 Å². The fraction of sp³-hybridized carbons (Fsp3) is 0.222. The number of rotatable bonds is 5. The molecule has 2 atom stereocenters. The van der Waals surface area contributed by atoms with Crippen LogP contribution in [0.15, 0.2) is 48.5 Å². The highest BCUT2D eigenvalue weighted by atomic mass is 16.6. The van der Waals surface area contributed by atoms with E-state index < -0.39 is 18.2 Å². The molecule has 6 nitrogen and oxygen atoms in total. The van der Waals surface area contributed by atoms with Gasteiger partial charge in [0, 0.05) is 0 Å². The lowest BCUT2D eigenvalue weighted by atomic mass is 9.95. The number of methoxy groups -OCH3 is 2. The Morgan fingerprint density at radius 3 is 2.42 bits per heavy atom. The Morgan fingerprint density at radius 1 is 1.04 bits per heavy atom. The van der Waals surface area contributed by atoms with Crippen LogP contribution in [0.2, 0.25) is 0 Å². The minimum absolute atomic E-state index is 0.313. The molecule has 1 fully saturated rings. The van der Waals surface area contributed by atoms with Crippen LogP contribution in [0.3, 0.4) is 0 Å². The van der Waals surface area contributed by atoms with Gasteiger partial charge in [-0.2, -0.15) is 0 Å². The Bertz CT molecular complexity index is 756. The second-order valence-electron chi connectivity index (χ2n) is 5.29. The van der Waals surface area contributed by atoms with Crippen LogP contribution in [-0.2, 0) is 4.74 Å². The average Bonchev–Trinajstić information content (AvgIpc) is 3.03. The molecule has 6 heteroatoms. The van der Waals surface area contributed by atoms with Crippen molar-refractivity contribution in [1.82, 2.24) is 5.32 Å².